The Bertz CT molecular complexity index is 1050. The first kappa shape index (κ1) is 26.5. The van der Waals surface area contributed by atoms with Crippen molar-refractivity contribution in [2.24, 2.45) is 5.92 Å². The molecule has 7 nitrogen and oxygen atoms in total. The summed E-state index contributed by atoms with van der Waals surface area (Å²) in [5.41, 5.74) is 2.16. The van der Waals surface area contributed by atoms with E-state index >= 15 is 0 Å². The quantitative estimate of drug-likeness (QED) is 0.522. The van der Waals surface area contributed by atoms with Crippen LogP contribution in [0.15, 0.2) is 53.4 Å². The Hall–Kier alpha value is -2.71. The van der Waals surface area contributed by atoms with E-state index in [-0.39, 0.29) is 29.2 Å². The predicted octanol–water partition coefficient (Wildman–Crippen LogP) is 3.49. The normalized spacial score (nSPS) is 12.6. The van der Waals surface area contributed by atoms with Gasteiger partial charge in [0, 0.05) is 25.2 Å². The Morgan fingerprint density at radius 3 is 2.12 bits per heavy atom. The highest BCUT2D eigenvalue weighted by molar-refractivity contribution is 7.89. The minimum Gasteiger partial charge on any atom is -0.350 e. The van der Waals surface area contributed by atoms with E-state index in [1.165, 1.54) is 4.31 Å². The number of nitrogens with one attached hydrogen (secondary N) is 2. The van der Waals surface area contributed by atoms with Gasteiger partial charge in [-0.3, -0.25) is 9.59 Å². The fraction of sp³-hybridized carbons (Fsp3) is 0.440. The summed E-state index contributed by atoms with van der Waals surface area (Å²) in [5, 5.41) is 5.73. The van der Waals surface area contributed by atoms with Crippen LogP contribution < -0.4 is 10.6 Å². The molecule has 0 spiro atoms. The zero-order chi connectivity index (χ0) is 24.6. The largest absolute Gasteiger partial charge is 0.350 e. The Morgan fingerprint density at radius 2 is 1.58 bits per heavy atom. The van der Waals surface area contributed by atoms with Crippen molar-refractivity contribution < 1.29 is 18.0 Å². The zero-order valence-corrected chi connectivity index (χ0v) is 20.9. The molecule has 0 aromatic heterocycles. The van der Waals surface area contributed by atoms with Crippen molar-refractivity contribution in [2.75, 3.05) is 13.1 Å². The second-order valence-corrected chi connectivity index (χ2v) is 10.4. The number of hydrogen-bond acceptors (Lipinski definition) is 4. The van der Waals surface area contributed by atoms with Crippen LogP contribution in [0.3, 0.4) is 0 Å². The van der Waals surface area contributed by atoms with E-state index in [0.717, 1.165) is 11.1 Å². The van der Waals surface area contributed by atoms with Crippen LogP contribution in [0.1, 0.15) is 55.6 Å². The Morgan fingerprint density at radius 1 is 0.970 bits per heavy atom. The lowest BCUT2D eigenvalue weighted by atomic mass is 10.0. The Balaban J connectivity index is 2.06. The molecule has 0 bridgehead atoms. The third-order valence-corrected chi connectivity index (χ3v) is 7.52. The molecule has 33 heavy (non-hydrogen) atoms. The molecule has 180 valence electrons. The van der Waals surface area contributed by atoms with Crippen molar-refractivity contribution in [1.82, 2.24) is 14.9 Å². The maximum absolute atomic E-state index is 12.9. The summed E-state index contributed by atoms with van der Waals surface area (Å²) in [4.78, 5) is 25.8. The Kier molecular flexibility index (Phi) is 9.61. The first-order valence-corrected chi connectivity index (χ1v) is 12.8. The van der Waals surface area contributed by atoms with Gasteiger partial charge in [0.2, 0.25) is 15.9 Å². The maximum atomic E-state index is 12.9. The van der Waals surface area contributed by atoms with E-state index in [1.807, 2.05) is 32.9 Å². The van der Waals surface area contributed by atoms with Crippen molar-refractivity contribution in [2.45, 2.75) is 58.5 Å². The maximum Gasteiger partial charge on any atom is 0.252 e. The number of carbonyl (C=O) groups is 2. The summed E-state index contributed by atoms with van der Waals surface area (Å²) in [6.45, 7) is 10.5. The van der Waals surface area contributed by atoms with Crippen LogP contribution in [-0.2, 0) is 21.4 Å². The highest BCUT2D eigenvalue weighted by Gasteiger charge is 2.24. The Labute approximate surface area is 197 Å². The molecule has 2 amide bonds. The zero-order valence-electron chi connectivity index (χ0n) is 20.1. The van der Waals surface area contributed by atoms with Crippen molar-refractivity contribution in [1.29, 1.82) is 0 Å². The molecule has 0 heterocycles. The van der Waals surface area contributed by atoms with Crippen LogP contribution in [0.2, 0.25) is 0 Å². The lowest BCUT2D eigenvalue weighted by Gasteiger charge is -2.21. The summed E-state index contributed by atoms with van der Waals surface area (Å²) < 4.78 is 26.6. The van der Waals surface area contributed by atoms with Crippen molar-refractivity contribution in [3.8, 4) is 0 Å². The predicted molar refractivity (Wildman–Crippen MR) is 130 cm³/mol. The van der Waals surface area contributed by atoms with E-state index in [0.29, 0.717) is 25.1 Å². The fourth-order valence-corrected chi connectivity index (χ4v) is 5.03. The van der Waals surface area contributed by atoms with Gasteiger partial charge in [-0.05, 0) is 48.6 Å². The average molecular weight is 474 g/mol. The smallest absolute Gasteiger partial charge is 0.252 e. The number of sulfonamides is 1. The number of amides is 2. The fourth-order valence-electron chi connectivity index (χ4n) is 3.57. The first-order valence-electron chi connectivity index (χ1n) is 11.3. The van der Waals surface area contributed by atoms with Gasteiger partial charge >= 0.3 is 0 Å². The van der Waals surface area contributed by atoms with Gasteiger partial charge in [0.1, 0.15) is 6.04 Å². The van der Waals surface area contributed by atoms with Crippen molar-refractivity contribution in [3.63, 3.8) is 0 Å². The molecular formula is C25H35N3O4S. The SMILES string of the molecule is CCN(CC)S(=O)(=O)c1ccc(CNC(=O)C(CC(C)C)NC(=O)c2ccccc2C)cc1. The highest BCUT2D eigenvalue weighted by Crippen LogP contribution is 2.16. The molecule has 0 fully saturated rings. The van der Waals surface area contributed by atoms with Gasteiger partial charge in [-0.15, -0.1) is 0 Å². The number of aryl methyl sites for hydroxylation is 1. The summed E-state index contributed by atoms with van der Waals surface area (Å²) >= 11 is 0. The van der Waals surface area contributed by atoms with Crippen LogP contribution in [0.5, 0.6) is 0 Å². The molecule has 0 aliphatic heterocycles. The van der Waals surface area contributed by atoms with Gasteiger partial charge in [-0.1, -0.05) is 58.0 Å². The van der Waals surface area contributed by atoms with Gasteiger partial charge in [0.05, 0.1) is 4.90 Å². The number of benzene rings is 2. The molecule has 0 saturated heterocycles. The number of rotatable bonds is 11. The van der Waals surface area contributed by atoms with E-state index in [9.17, 15) is 18.0 Å². The van der Waals surface area contributed by atoms with Crippen molar-refractivity contribution in [3.05, 3.63) is 65.2 Å². The molecule has 0 aliphatic carbocycles. The molecule has 2 aromatic rings. The average Bonchev–Trinajstić information content (AvgIpc) is 2.77. The van der Waals surface area contributed by atoms with Gasteiger partial charge in [-0.25, -0.2) is 8.42 Å². The second-order valence-electron chi connectivity index (χ2n) is 8.42. The summed E-state index contributed by atoms with van der Waals surface area (Å²) in [6.07, 6.45) is 0.504. The first-order chi connectivity index (χ1) is 15.6. The van der Waals surface area contributed by atoms with Crippen LogP contribution in [-0.4, -0.2) is 43.7 Å². The van der Waals surface area contributed by atoms with E-state index in [2.05, 4.69) is 10.6 Å². The monoisotopic (exact) mass is 473 g/mol. The lowest BCUT2D eigenvalue weighted by Crippen LogP contribution is -2.47. The molecule has 2 aromatic carbocycles. The van der Waals surface area contributed by atoms with Gasteiger partial charge in [0.25, 0.3) is 5.91 Å². The van der Waals surface area contributed by atoms with E-state index < -0.39 is 16.1 Å². The standard InChI is InChI=1S/C25H35N3O4S/c1-6-28(7-2)33(31,32)21-14-12-20(13-15-21)17-26-25(30)23(16-18(3)4)27-24(29)22-11-9-8-10-19(22)5/h8-15,18,23H,6-7,16-17H2,1-5H3,(H,26,30)(H,27,29). The molecular weight excluding hydrogens is 438 g/mol. The van der Waals surface area contributed by atoms with Gasteiger partial charge in [-0.2, -0.15) is 4.31 Å². The minimum atomic E-state index is -3.52. The molecule has 0 radical (unpaired) electrons. The van der Waals surface area contributed by atoms with Gasteiger partial charge < -0.3 is 10.6 Å². The molecule has 8 heteroatoms. The number of carbonyl (C=O) groups excluding carboxylic acids is 2. The molecule has 1 atom stereocenters. The molecule has 0 aliphatic rings. The highest BCUT2D eigenvalue weighted by atomic mass is 32.2. The molecule has 2 N–H and O–H groups in total. The van der Waals surface area contributed by atoms with Crippen molar-refractivity contribution >= 4 is 21.8 Å². The third kappa shape index (κ3) is 7.14. The minimum absolute atomic E-state index is 0.211. The molecule has 1 unspecified atom stereocenters. The van der Waals surface area contributed by atoms with Gasteiger partial charge in [0.15, 0.2) is 0 Å². The van der Waals surface area contributed by atoms with Crippen LogP contribution >= 0.6 is 0 Å². The molecule has 0 saturated carbocycles. The van der Waals surface area contributed by atoms with E-state index in [4.69, 9.17) is 0 Å². The summed E-state index contributed by atoms with van der Waals surface area (Å²) in [6, 6.07) is 13.1. The number of hydrogen-bond donors (Lipinski definition) is 2. The number of nitrogens with zero attached hydrogens (tertiary/aromatic N) is 1. The third-order valence-electron chi connectivity index (χ3n) is 5.45. The summed E-state index contributed by atoms with van der Waals surface area (Å²) in [7, 11) is -3.52. The van der Waals surface area contributed by atoms with E-state index in [1.54, 1.807) is 50.2 Å². The second kappa shape index (κ2) is 12.0. The topological polar surface area (TPSA) is 95.6 Å². The van der Waals surface area contributed by atoms with Crippen LogP contribution in [0, 0.1) is 12.8 Å². The van der Waals surface area contributed by atoms with Crippen LogP contribution in [0.25, 0.3) is 0 Å². The molecule has 2 rings (SSSR count). The van der Waals surface area contributed by atoms with Crippen LogP contribution in [0.4, 0.5) is 0 Å². The summed E-state index contributed by atoms with van der Waals surface area (Å²) in [5.74, 6) is -0.340. The lowest BCUT2D eigenvalue weighted by molar-refractivity contribution is -0.123.